The van der Waals surface area contributed by atoms with Crippen LogP contribution in [0.2, 0.25) is 0 Å². The van der Waals surface area contributed by atoms with Crippen LogP contribution in [0, 0.1) is 40.9 Å². The van der Waals surface area contributed by atoms with Gasteiger partial charge in [-0.25, -0.2) is 0 Å². The molecule has 5 saturated carbocycles. The highest BCUT2D eigenvalue weighted by Gasteiger charge is 2.57. The zero-order valence-electron chi connectivity index (χ0n) is 10.8. The van der Waals surface area contributed by atoms with E-state index in [1.165, 1.54) is 6.42 Å². The van der Waals surface area contributed by atoms with Gasteiger partial charge in [0.05, 0.1) is 0 Å². The molecule has 0 radical (unpaired) electrons. The Labute approximate surface area is 105 Å². The van der Waals surface area contributed by atoms with E-state index < -0.39 is 0 Å². The van der Waals surface area contributed by atoms with Gasteiger partial charge in [-0.2, -0.15) is 0 Å². The molecule has 3 atom stereocenters. The molecule has 5 fully saturated rings. The summed E-state index contributed by atoms with van der Waals surface area (Å²) in [5, 5.41) is 0. The number of hydrogen-bond donors (Lipinski definition) is 0. The SMILES string of the molecule is C1=CC2CC1CC2C12CC3CC(CC(C3)C1)C2. The Bertz CT molecular complexity index is 342. The van der Waals surface area contributed by atoms with Gasteiger partial charge in [0.15, 0.2) is 0 Å². The van der Waals surface area contributed by atoms with E-state index in [2.05, 4.69) is 12.2 Å². The van der Waals surface area contributed by atoms with Gasteiger partial charge in [-0.05, 0) is 92.3 Å². The maximum absolute atomic E-state index is 2.59. The average molecular weight is 228 g/mol. The Kier molecular flexibility index (Phi) is 1.70. The third kappa shape index (κ3) is 1.20. The molecule has 6 aliphatic rings. The quantitative estimate of drug-likeness (QED) is 0.583. The molecule has 0 spiro atoms. The van der Waals surface area contributed by atoms with Gasteiger partial charge in [-0.15, -0.1) is 0 Å². The second-order valence-electron chi connectivity index (χ2n) is 8.17. The summed E-state index contributed by atoms with van der Waals surface area (Å²) in [4.78, 5) is 0. The molecule has 6 aliphatic carbocycles. The molecular weight excluding hydrogens is 204 g/mol. The second kappa shape index (κ2) is 3.00. The van der Waals surface area contributed by atoms with Crippen molar-refractivity contribution >= 4 is 0 Å². The number of allylic oxidation sites excluding steroid dienone is 2. The van der Waals surface area contributed by atoms with Crippen LogP contribution < -0.4 is 0 Å². The lowest BCUT2D eigenvalue weighted by molar-refractivity contribution is -0.0931. The summed E-state index contributed by atoms with van der Waals surface area (Å²) in [7, 11) is 0. The molecule has 0 heterocycles. The summed E-state index contributed by atoms with van der Waals surface area (Å²) in [6.07, 6.45) is 17.9. The van der Waals surface area contributed by atoms with Crippen molar-refractivity contribution in [2.24, 2.45) is 40.9 Å². The first-order valence-electron chi connectivity index (χ1n) is 7.99. The summed E-state index contributed by atoms with van der Waals surface area (Å²) in [5.41, 5.74) is 0.832. The monoisotopic (exact) mass is 228 g/mol. The summed E-state index contributed by atoms with van der Waals surface area (Å²) < 4.78 is 0. The van der Waals surface area contributed by atoms with Crippen LogP contribution in [-0.2, 0) is 0 Å². The van der Waals surface area contributed by atoms with E-state index >= 15 is 0 Å². The third-order valence-electron chi connectivity index (χ3n) is 7.15. The number of hydrogen-bond acceptors (Lipinski definition) is 0. The van der Waals surface area contributed by atoms with Crippen molar-refractivity contribution < 1.29 is 0 Å². The summed E-state index contributed by atoms with van der Waals surface area (Å²) in [6.45, 7) is 0. The fourth-order valence-corrected chi connectivity index (χ4v) is 7.12. The predicted octanol–water partition coefficient (Wildman–Crippen LogP) is 4.42. The number of rotatable bonds is 1. The van der Waals surface area contributed by atoms with E-state index in [4.69, 9.17) is 0 Å². The molecule has 0 saturated heterocycles. The van der Waals surface area contributed by atoms with Crippen LogP contribution in [0.1, 0.15) is 51.4 Å². The summed E-state index contributed by atoms with van der Waals surface area (Å²) in [6, 6.07) is 0. The van der Waals surface area contributed by atoms with Gasteiger partial charge in [0.2, 0.25) is 0 Å². The van der Waals surface area contributed by atoms with Gasteiger partial charge in [0, 0.05) is 0 Å². The molecule has 6 bridgehead atoms. The van der Waals surface area contributed by atoms with Gasteiger partial charge >= 0.3 is 0 Å². The highest BCUT2D eigenvalue weighted by atomic mass is 14.6. The maximum Gasteiger partial charge on any atom is -0.0194 e. The molecule has 0 aromatic carbocycles. The molecule has 17 heavy (non-hydrogen) atoms. The standard InChI is InChI=1S/C17H24/c1-2-15-6-11(1)7-16(15)17-8-12-3-13(9-17)5-14(4-12)10-17/h1-2,11-16H,3-10H2. The fourth-order valence-electron chi connectivity index (χ4n) is 7.12. The van der Waals surface area contributed by atoms with Gasteiger partial charge in [0.1, 0.15) is 0 Å². The molecule has 0 amide bonds. The van der Waals surface area contributed by atoms with E-state index in [9.17, 15) is 0 Å². The van der Waals surface area contributed by atoms with Crippen LogP contribution in [0.4, 0.5) is 0 Å². The minimum absolute atomic E-state index is 0.832. The van der Waals surface area contributed by atoms with Gasteiger partial charge < -0.3 is 0 Å². The maximum atomic E-state index is 2.59. The van der Waals surface area contributed by atoms with Crippen molar-refractivity contribution in [2.75, 3.05) is 0 Å². The van der Waals surface area contributed by atoms with Gasteiger partial charge in [0.25, 0.3) is 0 Å². The first kappa shape index (κ1) is 9.64. The molecule has 0 aromatic heterocycles. The van der Waals surface area contributed by atoms with Crippen molar-refractivity contribution in [1.82, 2.24) is 0 Å². The zero-order valence-corrected chi connectivity index (χ0v) is 10.8. The summed E-state index contributed by atoms with van der Waals surface area (Å²) in [5.74, 6) is 6.51. The van der Waals surface area contributed by atoms with Crippen molar-refractivity contribution in [3.63, 3.8) is 0 Å². The number of fused-ring (bicyclic) bond motifs is 2. The molecule has 0 heteroatoms. The van der Waals surface area contributed by atoms with E-state index in [1.54, 1.807) is 44.9 Å². The lowest BCUT2D eigenvalue weighted by Gasteiger charge is -2.60. The van der Waals surface area contributed by atoms with Crippen LogP contribution >= 0.6 is 0 Å². The fraction of sp³-hybridized carbons (Fsp3) is 0.882. The van der Waals surface area contributed by atoms with E-state index in [1.807, 2.05) is 0 Å². The Morgan fingerprint density at radius 3 is 1.82 bits per heavy atom. The molecule has 0 aromatic rings. The van der Waals surface area contributed by atoms with Crippen LogP contribution in [-0.4, -0.2) is 0 Å². The van der Waals surface area contributed by atoms with Crippen molar-refractivity contribution in [2.45, 2.75) is 51.4 Å². The smallest absolute Gasteiger partial charge is 0.0194 e. The van der Waals surface area contributed by atoms with Crippen molar-refractivity contribution in [3.05, 3.63) is 12.2 Å². The van der Waals surface area contributed by atoms with Crippen molar-refractivity contribution in [1.29, 1.82) is 0 Å². The summed E-state index contributed by atoms with van der Waals surface area (Å²) >= 11 is 0. The van der Waals surface area contributed by atoms with E-state index in [-0.39, 0.29) is 0 Å². The molecule has 92 valence electrons. The Morgan fingerprint density at radius 1 is 0.706 bits per heavy atom. The van der Waals surface area contributed by atoms with Crippen LogP contribution in [0.5, 0.6) is 0 Å². The van der Waals surface area contributed by atoms with E-state index in [0.29, 0.717) is 0 Å². The van der Waals surface area contributed by atoms with E-state index in [0.717, 1.165) is 40.9 Å². The predicted molar refractivity (Wildman–Crippen MR) is 69.4 cm³/mol. The van der Waals surface area contributed by atoms with Crippen LogP contribution in [0.25, 0.3) is 0 Å². The first-order chi connectivity index (χ1) is 8.31. The Balaban J connectivity index is 1.52. The Hall–Kier alpha value is -0.260. The van der Waals surface area contributed by atoms with Crippen LogP contribution in [0.15, 0.2) is 12.2 Å². The lowest BCUT2D eigenvalue weighted by atomic mass is 9.45. The topological polar surface area (TPSA) is 0 Å². The normalized spacial score (nSPS) is 62.6. The van der Waals surface area contributed by atoms with Gasteiger partial charge in [-0.1, -0.05) is 12.2 Å². The van der Waals surface area contributed by atoms with Gasteiger partial charge in [-0.3, -0.25) is 0 Å². The minimum atomic E-state index is 0.832. The molecule has 0 aliphatic heterocycles. The first-order valence-corrected chi connectivity index (χ1v) is 7.99. The average Bonchev–Trinajstić information content (AvgIpc) is 2.88. The highest BCUT2D eigenvalue weighted by Crippen LogP contribution is 2.67. The molecule has 0 nitrogen and oxygen atoms in total. The zero-order chi connectivity index (χ0) is 11.0. The molecular formula is C17H24. The largest absolute Gasteiger partial charge is 0.0851 e. The minimum Gasteiger partial charge on any atom is -0.0851 e. The second-order valence-corrected chi connectivity index (χ2v) is 8.17. The molecule has 3 unspecified atom stereocenters. The molecule has 0 N–H and O–H groups in total. The van der Waals surface area contributed by atoms with Crippen LogP contribution in [0.3, 0.4) is 0 Å². The third-order valence-corrected chi connectivity index (χ3v) is 7.15. The Morgan fingerprint density at radius 2 is 1.35 bits per heavy atom. The lowest BCUT2D eigenvalue weighted by Crippen LogP contribution is -2.50. The molecule has 6 rings (SSSR count). The highest BCUT2D eigenvalue weighted by molar-refractivity contribution is 5.16. The van der Waals surface area contributed by atoms with Crippen molar-refractivity contribution in [3.8, 4) is 0 Å².